The van der Waals surface area contributed by atoms with Gasteiger partial charge in [0.15, 0.2) is 5.65 Å². The van der Waals surface area contributed by atoms with Crippen molar-refractivity contribution in [1.29, 1.82) is 0 Å². The standard InChI is InChI=1S/C15H17N7O/c1-11-7-16-13-3-4-14(18-22(11)13)20-5-6-21(15(23)10-20)12-8-17-19(2)9-12/h3-4,7-9H,5-6,10H2,1-2H3. The van der Waals surface area contributed by atoms with E-state index in [0.717, 1.165) is 29.4 Å². The van der Waals surface area contributed by atoms with Crippen molar-refractivity contribution in [1.82, 2.24) is 24.4 Å². The van der Waals surface area contributed by atoms with Gasteiger partial charge in [-0.05, 0) is 19.1 Å². The molecule has 0 unspecified atom stereocenters. The van der Waals surface area contributed by atoms with Crippen molar-refractivity contribution in [3.63, 3.8) is 0 Å². The van der Waals surface area contributed by atoms with Gasteiger partial charge in [-0.25, -0.2) is 9.50 Å². The number of amides is 1. The first kappa shape index (κ1) is 13.7. The normalized spacial score (nSPS) is 15.7. The van der Waals surface area contributed by atoms with Gasteiger partial charge in [-0.3, -0.25) is 9.48 Å². The Bertz CT molecular complexity index is 881. The van der Waals surface area contributed by atoms with Crippen molar-refractivity contribution >= 4 is 23.1 Å². The highest BCUT2D eigenvalue weighted by molar-refractivity contribution is 5.97. The molecule has 0 bridgehead atoms. The lowest BCUT2D eigenvalue weighted by atomic mass is 10.3. The van der Waals surface area contributed by atoms with E-state index >= 15 is 0 Å². The van der Waals surface area contributed by atoms with Crippen LogP contribution in [-0.2, 0) is 11.8 Å². The first-order valence-electron chi connectivity index (χ1n) is 7.47. The number of carbonyl (C=O) groups is 1. The zero-order chi connectivity index (χ0) is 16.0. The highest BCUT2D eigenvalue weighted by Crippen LogP contribution is 2.20. The summed E-state index contributed by atoms with van der Waals surface area (Å²) in [5.74, 6) is 0.839. The van der Waals surface area contributed by atoms with E-state index < -0.39 is 0 Å². The number of anilines is 2. The van der Waals surface area contributed by atoms with Crippen molar-refractivity contribution in [2.75, 3.05) is 29.4 Å². The number of nitrogens with zero attached hydrogens (tertiary/aromatic N) is 7. The highest BCUT2D eigenvalue weighted by Gasteiger charge is 2.26. The molecule has 4 heterocycles. The summed E-state index contributed by atoms with van der Waals surface area (Å²) in [6.07, 6.45) is 5.36. The Morgan fingerprint density at radius 3 is 2.78 bits per heavy atom. The monoisotopic (exact) mass is 311 g/mol. The first-order chi connectivity index (χ1) is 11.1. The summed E-state index contributed by atoms with van der Waals surface area (Å²) in [6, 6.07) is 3.84. The van der Waals surface area contributed by atoms with Crippen molar-refractivity contribution in [2.45, 2.75) is 6.92 Å². The van der Waals surface area contributed by atoms with Crippen LogP contribution in [0.5, 0.6) is 0 Å². The van der Waals surface area contributed by atoms with Crippen LogP contribution in [-0.4, -0.2) is 49.9 Å². The van der Waals surface area contributed by atoms with Gasteiger partial charge in [0.05, 0.1) is 30.3 Å². The summed E-state index contributed by atoms with van der Waals surface area (Å²) < 4.78 is 3.50. The van der Waals surface area contributed by atoms with Crippen LogP contribution < -0.4 is 9.80 Å². The van der Waals surface area contributed by atoms with Crippen LogP contribution in [0.2, 0.25) is 0 Å². The molecule has 8 heteroatoms. The maximum absolute atomic E-state index is 12.5. The Labute approximate surface area is 132 Å². The summed E-state index contributed by atoms with van der Waals surface area (Å²) in [6.45, 7) is 3.61. The third kappa shape index (κ3) is 2.32. The van der Waals surface area contributed by atoms with Crippen LogP contribution in [0.15, 0.2) is 30.7 Å². The zero-order valence-corrected chi connectivity index (χ0v) is 13.0. The van der Waals surface area contributed by atoms with Crippen LogP contribution in [0, 0.1) is 6.92 Å². The zero-order valence-electron chi connectivity index (χ0n) is 13.0. The number of hydrogen-bond donors (Lipinski definition) is 0. The van der Waals surface area contributed by atoms with E-state index in [4.69, 9.17) is 0 Å². The van der Waals surface area contributed by atoms with Crippen molar-refractivity contribution < 1.29 is 4.79 Å². The van der Waals surface area contributed by atoms with Gasteiger partial charge in [0.25, 0.3) is 0 Å². The van der Waals surface area contributed by atoms with Gasteiger partial charge in [-0.15, -0.1) is 5.10 Å². The predicted octanol–water partition coefficient (Wildman–Crippen LogP) is 0.624. The minimum atomic E-state index is 0.0495. The van der Waals surface area contributed by atoms with Crippen LogP contribution in [0.25, 0.3) is 5.65 Å². The lowest BCUT2D eigenvalue weighted by molar-refractivity contribution is -0.117. The summed E-state index contributed by atoms with van der Waals surface area (Å²) in [4.78, 5) is 20.5. The van der Waals surface area contributed by atoms with E-state index in [0.29, 0.717) is 13.1 Å². The van der Waals surface area contributed by atoms with E-state index in [1.807, 2.05) is 37.2 Å². The molecule has 0 radical (unpaired) electrons. The molecule has 4 rings (SSSR count). The molecule has 0 N–H and O–H groups in total. The molecule has 8 nitrogen and oxygen atoms in total. The van der Waals surface area contributed by atoms with Crippen LogP contribution in [0.1, 0.15) is 5.69 Å². The van der Waals surface area contributed by atoms with Gasteiger partial charge in [0.2, 0.25) is 5.91 Å². The molecule has 1 amide bonds. The topological polar surface area (TPSA) is 71.6 Å². The smallest absolute Gasteiger partial charge is 0.246 e. The molecule has 3 aromatic heterocycles. The van der Waals surface area contributed by atoms with E-state index in [1.54, 1.807) is 26.5 Å². The van der Waals surface area contributed by atoms with Gasteiger partial charge in [0, 0.05) is 26.3 Å². The largest absolute Gasteiger partial charge is 0.344 e. The summed E-state index contributed by atoms with van der Waals surface area (Å²) in [5, 5.41) is 8.72. The number of carbonyl (C=O) groups excluding carboxylic acids is 1. The molecule has 0 spiro atoms. The third-order valence-electron chi connectivity index (χ3n) is 4.07. The number of fused-ring (bicyclic) bond motifs is 1. The second-order valence-corrected chi connectivity index (χ2v) is 5.70. The molecule has 118 valence electrons. The Morgan fingerprint density at radius 1 is 1.17 bits per heavy atom. The molecular formula is C15H17N7O. The number of hydrogen-bond acceptors (Lipinski definition) is 5. The first-order valence-corrected chi connectivity index (χ1v) is 7.47. The van der Waals surface area contributed by atoms with Crippen LogP contribution >= 0.6 is 0 Å². The Morgan fingerprint density at radius 2 is 2.04 bits per heavy atom. The number of imidazole rings is 1. The summed E-state index contributed by atoms with van der Waals surface area (Å²) in [5.41, 5.74) is 2.62. The van der Waals surface area contributed by atoms with E-state index in [9.17, 15) is 4.79 Å². The second-order valence-electron chi connectivity index (χ2n) is 5.70. The summed E-state index contributed by atoms with van der Waals surface area (Å²) >= 11 is 0. The molecule has 1 saturated heterocycles. The van der Waals surface area contributed by atoms with Gasteiger partial charge < -0.3 is 9.80 Å². The fourth-order valence-corrected chi connectivity index (χ4v) is 2.84. The van der Waals surface area contributed by atoms with Crippen LogP contribution in [0.4, 0.5) is 11.5 Å². The van der Waals surface area contributed by atoms with Gasteiger partial charge >= 0.3 is 0 Å². The lowest BCUT2D eigenvalue weighted by Gasteiger charge is -2.34. The van der Waals surface area contributed by atoms with Crippen molar-refractivity contribution in [3.05, 3.63) is 36.4 Å². The van der Waals surface area contributed by atoms with Crippen molar-refractivity contribution in [2.24, 2.45) is 7.05 Å². The molecule has 0 aliphatic carbocycles. The molecule has 0 aromatic carbocycles. The molecule has 0 saturated carbocycles. The molecule has 23 heavy (non-hydrogen) atoms. The van der Waals surface area contributed by atoms with Crippen LogP contribution in [0.3, 0.4) is 0 Å². The lowest BCUT2D eigenvalue weighted by Crippen LogP contribution is -2.51. The Kier molecular flexibility index (Phi) is 3.03. The molecule has 1 fully saturated rings. The highest BCUT2D eigenvalue weighted by atomic mass is 16.2. The quantitative estimate of drug-likeness (QED) is 0.694. The average molecular weight is 311 g/mol. The maximum atomic E-state index is 12.5. The second kappa shape index (κ2) is 5.08. The fourth-order valence-electron chi connectivity index (χ4n) is 2.84. The van der Waals surface area contributed by atoms with Gasteiger partial charge in [-0.1, -0.05) is 0 Å². The van der Waals surface area contributed by atoms with Crippen molar-refractivity contribution in [3.8, 4) is 0 Å². The molecule has 1 aliphatic rings. The SMILES string of the molecule is Cc1cnc2ccc(N3CCN(c4cnn(C)c4)C(=O)C3)nn12. The fraction of sp³-hybridized carbons (Fsp3) is 0.333. The average Bonchev–Trinajstić information content (AvgIpc) is 3.13. The Hall–Kier alpha value is -2.90. The number of aromatic nitrogens is 5. The Balaban J connectivity index is 1.57. The minimum Gasteiger partial charge on any atom is -0.344 e. The maximum Gasteiger partial charge on any atom is 0.246 e. The summed E-state index contributed by atoms with van der Waals surface area (Å²) in [7, 11) is 1.84. The number of aryl methyl sites for hydroxylation is 2. The van der Waals surface area contributed by atoms with E-state index in [2.05, 4.69) is 15.2 Å². The van der Waals surface area contributed by atoms with E-state index in [-0.39, 0.29) is 5.91 Å². The number of piperazine rings is 1. The van der Waals surface area contributed by atoms with Gasteiger partial charge in [-0.2, -0.15) is 5.10 Å². The number of rotatable bonds is 2. The minimum absolute atomic E-state index is 0.0495. The predicted molar refractivity (Wildman–Crippen MR) is 85.5 cm³/mol. The van der Waals surface area contributed by atoms with E-state index in [1.165, 1.54) is 0 Å². The molecule has 0 atom stereocenters. The third-order valence-corrected chi connectivity index (χ3v) is 4.07. The van der Waals surface area contributed by atoms with Gasteiger partial charge in [0.1, 0.15) is 5.82 Å². The molecule has 1 aliphatic heterocycles. The molecule has 3 aromatic rings. The molecular weight excluding hydrogens is 294 g/mol.